The Balaban J connectivity index is 1.39. The zero-order valence-electron chi connectivity index (χ0n) is 16.9. The Bertz CT molecular complexity index is 1020. The van der Waals surface area contributed by atoms with Crippen LogP contribution in [0.5, 0.6) is 11.5 Å². The molecule has 0 bridgehead atoms. The average molecular weight is 425 g/mol. The minimum absolute atomic E-state index is 0.0422. The lowest BCUT2D eigenvalue weighted by Crippen LogP contribution is -2.38. The van der Waals surface area contributed by atoms with E-state index in [0.29, 0.717) is 19.8 Å². The predicted octanol–water partition coefficient (Wildman–Crippen LogP) is 3.34. The minimum atomic E-state index is -0.0422. The van der Waals surface area contributed by atoms with E-state index < -0.39 is 0 Å². The number of thioether (sulfide) groups is 1. The molecule has 3 aromatic rings. The van der Waals surface area contributed by atoms with Crippen LogP contribution in [0, 0.1) is 6.92 Å². The first-order chi connectivity index (χ1) is 14.8. The third kappa shape index (κ3) is 3.97. The molecule has 8 heteroatoms. The molecule has 1 atom stereocenters. The Morgan fingerprint density at radius 1 is 1.03 bits per heavy atom. The van der Waals surface area contributed by atoms with Gasteiger partial charge in [-0.25, -0.2) is 0 Å². The van der Waals surface area contributed by atoms with Gasteiger partial charge in [-0.15, -0.1) is 10.2 Å². The average Bonchev–Trinajstić information content (AvgIpc) is 3.22. The number of hydrogen-bond acceptors (Lipinski definition) is 7. The van der Waals surface area contributed by atoms with Crippen molar-refractivity contribution in [3.05, 3.63) is 54.1 Å². The molecule has 0 spiro atoms. The van der Waals surface area contributed by atoms with Crippen LogP contribution in [-0.4, -0.2) is 59.5 Å². The monoisotopic (exact) mass is 424 g/mol. The molecule has 0 unspecified atom stereocenters. The van der Waals surface area contributed by atoms with Crippen molar-refractivity contribution in [3.63, 3.8) is 0 Å². The summed E-state index contributed by atoms with van der Waals surface area (Å²) < 4.78 is 19.6. The van der Waals surface area contributed by atoms with Gasteiger partial charge in [-0.05, 0) is 36.8 Å². The fraction of sp³-hybridized carbons (Fsp3) is 0.364. The van der Waals surface area contributed by atoms with Gasteiger partial charge in [0.15, 0.2) is 16.7 Å². The van der Waals surface area contributed by atoms with Gasteiger partial charge in [0.1, 0.15) is 12.7 Å². The van der Waals surface area contributed by atoms with Gasteiger partial charge < -0.3 is 19.1 Å². The molecule has 2 aliphatic rings. The summed E-state index contributed by atoms with van der Waals surface area (Å²) in [7, 11) is 0. The third-order valence-corrected chi connectivity index (χ3v) is 6.20. The Morgan fingerprint density at radius 3 is 2.70 bits per heavy atom. The second-order valence-electron chi connectivity index (χ2n) is 7.37. The highest BCUT2D eigenvalue weighted by Crippen LogP contribution is 2.33. The quantitative estimate of drug-likeness (QED) is 0.582. The number of morpholine rings is 1. The minimum Gasteiger partial charge on any atom is -0.486 e. The summed E-state index contributed by atoms with van der Waals surface area (Å²) in [6.45, 7) is 5.65. The topological polar surface area (TPSA) is 61.6 Å². The van der Waals surface area contributed by atoms with Gasteiger partial charge in [0.05, 0.1) is 18.9 Å². The van der Waals surface area contributed by atoms with Crippen LogP contribution in [0.25, 0.3) is 5.69 Å². The van der Waals surface area contributed by atoms with Gasteiger partial charge in [-0.3, -0.25) is 4.57 Å². The lowest BCUT2D eigenvalue weighted by Gasteiger charge is -2.28. The molecular weight excluding hydrogens is 400 g/mol. The van der Waals surface area contributed by atoms with Crippen LogP contribution in [0.4, 0.5) is 5.95 Å². The van der Waals surface area contributed by atoms with Gasteiger partial charge in [-0.1, -0.05) is 36.0 Å². The number of nitrogens with zero attached hydrogens (tertiary/aromatic N) is 4. The molecule has 2 aliphatic heterocycles. The second-order valence-corrected chi connectivity index (χ2v) is 8.35. The first-order valence-corrected chi connectivity index (χ1v) is 11.1. The van der Waals surface area contributed by atoms with E-state index in [4.69, 9.17) is 14.2 Å². The van der Waals surface area contributed by atoms with Crippen LogP contribution < -0.4 is 14.4 Å². The maximum Gasteiger partial charge on any atom is 0.232 e. The number of benzene rings is 2. The van der Waals surface area contributed by atoms with E-state index in [9.17, 15) is 0 Å². The largest absolute Gasteiger partial charge is 0.486 e. The van der Waals surface area contributed by atoms with Crippen molar-refractivity contribution >= 4 is 17.7 Å². The normalized spacial score (nSPS) is 18.4. The van der Waals surface area contributed by atoms with Crippen LogP contribution in [0.1, 0.15) is 5.56 Å². The van der Waals surface area contributed by atoms with E-state index in [1.165, 1.54) is 5.56 Å². The lowest BCUT2D eigenvalue weighted by atomic mass is 10.2. The molecule has 0 radical (unpaired) electrons. The lowest BCUT2D eigenvalue weighted by molar-refractivity contribution is 0.107. The summed E-state index contributed by atoms with van der Waals surface area (Å²) in [5.41, 5.74) is 2.26. The van der Waals surface area contributed by atoms with Crippen molar-refractivity contribution in [2.45, 2.75) is 18.2 Å². The molecule has 1 aromatic heterocycles. The highest BCUT2D eigenvalue weighted by Gasteiger charge is 2.25. The summed E-state index contributed by atoms with van der Waals surface area (Å²) in [5.74, 6) is 3.18. The van der Waals surface area contributed by atoms with Crippen LogP contribution >= 0.6 is 11.8 Å². The maximum absolute atomic E-state index is 6.11. The molecule has 1 saturated heterocycles. The number of aryl methyl sites for hydroxylation is 1. The first-order valence-electron chi connectivity index (χ1n) is 10.1. The summed E-state index contributed by atoms with van der Waals surface area (Å²) in [6.07, 6.45) is -0.0422. The highest BCUT2D eigenvalue weighted by atomic mass is 32.2. The fourth-order valence-electron chi connectivity index (χ4n) is 3.63. The summed E-state index contributed by atoms with van der Waals surface area (Å²) in [5, 5.41) is 9.91. The van der Waals surface area contributed by atoms with E-state index in [2.05, 4.69) is 50.9 Å². The molecule has 0 aliphatic carbocycles. The number of ether oxygens (including phenoxy) is 3. The molecule has 0 amide bonds. The maximum atomic E-state index is 6.11. The SMILES string of the molecule is Cc1cccc(-n2c(SC[C@H]3COc4ccccc4O3)nnc2N2CCOCC2)c1. The van der Waals surface area contributed by atoms with Crippen molar-refractivity contribution in [2.75, 3.05) is 43.6 Å². The Labute approximate surface area is 180 Å². The number of rotatable bonds is 5. The van der Waals surface area contributed by atoms with E-state index in [0.717, 1.165) is 47.1 Å². The van der Waals surface area contributed by atoms with Gasteiger partial charge >= 0.3 is 0 Å². The number of anilines is 1. The van der Waals surface area contributed by atoms with Crippen molar-refractivity contribution < 1.29 is 14.2 Å². The van der Waals surface area contributed by atoms with E-state index in [1.54, 1.807) is 11.8 Å². The molecule has 0 N–H and O–H groups in total. The zero-order valence-corrected chi connectivity index (χ0v) is 17.7. The van der Waals surface area contributed by atoms with Crippen LogP contribution in [0.15, 0.2) is 53.7 Å². The van der Waals surface area contributed by atoms with Gasteiger partial charge in [0.2, 0.25) is 5.95 Å². The number of aromatic nitrogens is 3. The van der Waals surface area contributed by atoms with Crippen molar-refractivity contribution in [1.29, 1.82) is 0 Å². The highest BCUT2D eigenvalue weighted by molar-refractivity contribution is 7.99. The Hall–Kier alpha value is -2.71. The number of fused-ring (bicyclic) bond motifs is 1. The van der Waals surface area contributed by atoms with Crippen molar-refractivity contribution in [1.82, 2.24) is 14.8 Å². The van der Waals surface area contributed by atoms with Crippen molar-refractivity contribution in [2.24, 2.45) is 0 Å². The molecule has 2 aromatic carbocycles. The smallest absolute Gasteiger partial charge is 0.232 e. The van der Waals surface area contributed by atoms with Gasteiger partial charge in [-0.2, -0.15) is 0 Å². The molecule has 7 nitrogen and oxygen atoms in total. The molecule has 30 heavy (non-hydrogen) atoms. The number of hydrogen-bond donors (Lipinski definition) is 0. The Morgan fingerprint density at radius 2 is 1.87 bits per heavy atom. The van der Waals surface area contributed by atoms with E-state index >= 15 is 0 Å². The Kier molecular flexibility index (Phi) is 5.50. The first kappa shape index (κ1) is 19.3. The molecule has 3 heterocycles. The summed E-state index contributed by atoms with van der Waals surface area (Å²) >= 11 is 1.64. The van der Waals surface area contributed by atoms with E-state index in [-0.39, 0.29) is 6.10 Å². The fourth-order valence-corrected chi connectivity index (χ4v) is 4.54. The standard InChI is InChI=1S/C22H24N4O3S/c1-16-5-4-6-17(13-16)26-21(25-9-11-27-12-10-25)23-24-22(26)30-15-18-14-28-19-7-2-3-8-20(19)29-18/h2-8,13,18H,9-12,14-15H2,1H3/t18-/m1/s1. The summed E-state index contributed by atoms with van der Waals surface area (Å²) in [4.78, 5) is 2.24. The van der Waals surface area contributed by atoms with Gasteiger partial charge in [0, 0.05) is 18.8 Å². The van der Waals surface area contributed by atoms with Crippen LogP contribution in [0.2, 0.25) is 0 Å². The molecule has 5 rings (SSSR count). The predicted molar refractivity (Wildman–Crippen MR) is 116 cm³/mol. The molecule has 0 saturated carbocycles. The zero-order chi connectivity index (χ0) is 20.3. The summed E-state index contributed by atoms with van der Waals surface area (Å²) in [6, 6.07) is 16.2. The van der Waals surface area contributed by atoms with Crippen LogP contribution in [-0.2, 0) is 4.74 Å². The van der Waals surface area contributed by atoms with E-state index in [1.807, 2.05) is 24.3 Å². The third-order valence-electron chi connectivity index (χ3n) is 5.14. The molecule has 156 valence electrons. The number of para-hydroxylation sites is 2. The molecule has 1 fully saturated rings. The van der Waals surface area contributed by atoms with Gasteiger partial charge in [0.25, 0.3) is 0 Å². The second kappa shape index (κ2) is 8.57. The molecular formula is C22H24N4O3S. The van der Waals surface area contributed by atoms with Crippen molar-refractivity contribution in [3.8, 4) is 17.2 Å². The van der Waals surface area contributed by atoms with Crippen LogP contribution in [0.3, 0.4) is 0 Å².